The molecule has 2 aromatic carbocycles. The number of hydrogen-bond donors (Lipinski definition) is 1. The minimum absolute atomic E-state index is 0.107. The van der Waals surface area contributed by atoms with Crippen molar-refractivity contribution >= 4 is 17.5 Å². The average Bonchev–Trinajstić information content (AvgIpc) is 3.15. The predicted molar refractivity (Wildman–Crippen MR) is 96.8 cm³/mol. The fourth-order valence-corrected chi connectivity index (χ4v) is 3.68. The maximum atomic E-state index is 13.1. The van der Waals surface area contributed by atoms with Gasteiger partial charge in [-0.05, 0) is 25.8 Å². The summed E-state index contributed by atoms with van der Waals surface area (Å²) in [5.74, 6) is 0.206. The highest BCUT2D eigenvalue weighted by atomic mass is 35.5. The second-order valence-corrected chi connectivity index (χ2v) is 6.83. The summed E-state index contributed by atoms with van der Waals surface area (Å²) in [7, 11) is 0. The van der Waals surface area contributed by atoms with Gasteiger partial charge in [-0.25, -0.2) is 0 Å². The van der Waals surface area contributed by atoms with E-state index in [0.717, 1.165) is 42.1 Å². The largest absolute Gasteiger partial charge is 0.337 e. The van der Waals surface area contributed by atoms with Crippen LogP contribution >= 0.6 is 11.6 Å². The highest BCUT2D eigenvalue weighted by Gasteiger charge is 2.32. The third-order valence-electron chi connectivity index (χ3n) is 4.72. The summed E-state index contributed by atoms with van der Waals surface area (Å²) in [6.07, 6.45) is 2.21. The van der Waals surface area contributed by atoms with Gasteiger partial charge in [0.2, 0.25) is 0 Å². The first-order chi connectivity index (χ1) is 11.7. The van der Waals surface area contributed by atoms with Gasteiger partial charge in [0.25, 0.3) is 5.91 Å². The molecule has 1 aliphatic heterocycles. The molecule has 0 aromatic heterocycles. The van der Waals surface area contributed by atoms with Gasteiger partial charge in [-0.3, -0.25) is 4.79 Å². The van der Waals surface area contributed by atoms with Crippen molar-refractivity contribution in [3.8, 4) is 0 Å². The molecule has 1 fully saturated rings. The summed E-state index contributed by atoms with van der Waals surface area (Å²) in [4.78, 5) is 15.1. The minimum atomic E-state index is -0.226. The maximum absolute atomic E-state index is 13.1. The lowest BCUT2D eigenvalue weighted by atomic mass is 10.0. The van der Waals surface area contributed by atoms with Gasteiger partial charge in [0.05, 0.1) is 0 Å². The molecule has 1 heterocycles. The van der Waals surface area contributed by atoms with Crippen molar-refractivity contribution in [2.45, 2.75) is 31.8 Å². The molecule has 1 aliphatic rings. The molecular formula is C20H24ClN2O+. The number of likely N-dealkylation sites (tertiary alicyclic amines) is 1. The molecule has 3 nitrogen and oxygen atoms in total. The van der Waals surface area contributed by atoms with Gasteiger partial charge in [0.15, 0.2) is 6.04 Å². The molecular weight excluding hydrogens is 320 g/mol. The Balaban J connectivity index is 1.84. The van der Waals surface area contributed by atoms with E-state index in [1.54, 1.807) is 0 Å². The van der Waals surface area contributed by atoms with Gasteiger partial charge in [-0.1, -0.05) is 60.1 Å². The number of rotatable bonds is 5. The predicted octanol–water partition coefficient (Wildman–Crippen LogP) is 3.33. The fraction of sp³-hybridized carbons (Fsp3) is 0.350. The molecule has 1 saturated heterocycles. The number of nitrogens with two attached hydrogens (primary N) is 1. The highest BCUT2D eigenvalue weighted by Crippen LogP contribution is 2.22. The Labute approximate surface area is 148 Å². The number of quaternary nitrogens is 1. The molecule has 4 heteroatoms. The summed E-state index contributed by atoms with van der Waals surface area (Å²) >= 11 is 6.34. The Morgan fingerprint density at radius 1 is 1.04 bits per heavy atom. The summed E-state index contributed by atoms with van der Waals surface area (Å²) in [6.45, 7) is 3.85. The lowest BCUT2D eigenvalue weighted by Crippen LogP contribution is -2.88. The third kappa shape index (κ3) is 3.80. The zero-order valence-electron chi connectivity index (χ0n) is 14.0. The number of halogens is 1. The van der Waals surface area contributed by atoms with E-state index < -0.39 is 0 Å². The van der Waals surface area contributed by atoms with E-state index in [9.17, 15) is 4.79 Å². The smallest absolute Gasteiger partial charge is 0.285 e. The number of carbonyl (C=O) groups excluding carboxylic acids is 1. The molecule has 0 radical (unpaired) electrons. The van der Waals surface area contributed by atoms with Crippen LogP contribution < -0.4 is 5.32 Å². The van der Waals surface area contributed by atoms with Crippen LogP contribution in [0.15, 0.2) is 54.6 Å². The van der Waals surface area contributed by atoms with Crippen LogP contribution in [0.25, 0.3) is 0 Å². The van der Waals surface area contributed by atoms with Gasteiger partial charge in [-0.2, -0.15) is 0 Å². The van der Waals surface area contributed by atoms with Crippen LogP contribution in [0.4, 0.5) is 0 Å². The standard InChI is InChI=1S/C20H23ClN2O/c1-15(17-11-5-6-12-18(17)21)22-19(16-9-3-2-4-10-16)20(24)23-13-7-8-14-23/h2-6,9-12,15,19,22H,7-8,13-14H2,1H3/p+1/t15-,19+/m0/s1. The normalized spacial score (nSPS) is 16.8. The van der Waals surface area contributed by atoms with E-state index in [1.165, 1.54) is 0 Å². The molecule has 0 unspecified atom stereocenters. The molecule has 3 rings (SSSR count). The molecule has 2 N–H and O–H groups in total. The molecule has 126 valence electrons. The Kier molecular flexibility index (Phi) is 5.54. The molecule has 24 heavy (non-hydrogen) atoms. The Morgan fingerprint density at radius 2 is 1.67 bits per heavy atom. The number of amides is 1. The molecule has 2 aromatic rings. The average molecular weight is 344 g/mol. The van der Waals surface area contributed by atoms with E-state index in [2.05, 4.69) is 12.2 Å². The number of carbonyl (C=O) groups is 1. The van der Waals surface area contributed by atoms with Gasteiger partial charge in [0.1, 0.15) is 6.04 Å². The topological polar surface area (TPSA) is 36.9 Å². The van der Waals surface area contributed by atoms with E-state index >= 15 is 0 Å². The first kappa shape index (κ1) is 17.0. The van der Waals surface area contributed by atoms with Crippen molar-refractivity contribution in [3.05, 3.63) is 70.7 Å². The monoisotopic (exact) mass is 343 g/mol. The van der Waals surface area contributed by atoms with Crippen molar-refractivity contribution in [2.24, 2.45) is 0 Å². The Bertz CT molecular complexity index is 683. The van der Waals surface area contributed by atoms with E-state index in [0.29, 0.717) is 0 Å². The van der Waals surface area contributed by atoms with Crippen LogP contribution in [-0.4, -0.2) is 23.9 Å². The van der Waals surface area contributed by atoms with Crippen molar-refractivity contribution in [3.63, 3.8) is 0 Å². The first-order valence-electron chi connectivity index (χ1n) is 8.60. The quantitative estimate of drug-likeness (QED) is 0.888. The lowest BCUT2D eigenvalue weighted by Gasteiger charge is -2.25. The van der Waals surface area contributed by atoms with Gasteiger partial charge in [-0.15, -0.1) is 0 Å². The van der Waals surface area contributed by atoms with Crippen molar-refractivity contribution in [2.75, 3.05) is 13.1 Å². The van der Waals surface area contributed by atoms with Crippen LogP contribution in [-0.2, 0) is 4.79 Å². The molecule has 0 aliphatic carbocycles. The highest BCUT2D eigenvalue weighted by molar-refractivity contribution is 6.31. The van der Waals surface area contributed by atoms with Crippen molar-refractivity contribution in [1.82, 2.24) is 4.90 Å². The van der Waals surface area contributed by atoms with Crippen LogP contribution in [0.2, 0.25) is 5.02 Å². The number of benzene rings is 2. The molecule has 0 bridgehead atoms. The maximum Gasteiger partial charge on any atom is 0.285 e. The Hall–Kier alpha value is -1.84. The van der Waals surface area contributed by atoms with E-state index in [1.807, 2.05) is 59.5 Å². The van der Waals surface area contributed by atoms with E-state index in [-0.39, 0.29) is 18.0 Å². The summed E-state index contributed by atoms with van der Waals surface area (Å²) in [5.41, 5.74) is 2.11. The fourth-order valence-electron chi connectivity index (χ4n) is 3.37. The molecule has 2 atom stereocenters. The van der Waals surface area contributed by atoms with Crippen molar-refractivity contribution in [1.29, 1.82) is 0 Å². The Morgan fingerprint density at radius 3 is 2.33 bits per heavy atom. The van der Waals surface area contributed by atoms with E-state index in [4.69, 9.17) is 11.6 Å². The summed E-state index contributed by atoms with van der Waals surface area (Å²) in [5, 5.41) is 2.89. The van der Waals surface area contributed by atoms with Gasteiger partial charge in [0, 0.05) is 29.2 Å². The van der Waals surface area contributed by atoms with Gasteiger partial charge >= 0.3 is 0 Å². The van der Waals surface area contributed by atoms with Crippen LogP contribution in [0.5, 0.6) is 0 Å². The zero-order chi connectivity index (χ0) is 16.9. The summed E-state index contributed by atoms with van der Waals surface area (Å²) in [6, 6.07) is 17.8. The van der Waals surface area contributed by atoms with Crippen LogP contribution in [0, 0.1) is 0 Å². The number of hydrogen-bond acceptors (Lipinski definition) is 1. The van der Waals surface area contributed by atoms with Crippen LogP contribution in [0.1, 0.15) is 43.0 Å². The van der Waals surface area contributed by atoms with Crippen molar-refractivity contribution < 1.29 is 10.1 Å². The lowest BCUT2D eigenvalue weighted by molar-refractivity contribution is -0.719. The molecule has 0 saturated carbocycles. The minimum Gasteiger partial charge on any atom is -0.337 e. The molecule has 0 spiro atoms. The van der Waals surface area contributed by atoms with Gasteiger partial charge < -0.3 is 10.2 Å². The second-order valence-electron chi connectivity index (χ2n) is 6.42. The van der Waals surface area contributed by atoms with Crippen LogP contribution in [0.3, 0.4) is 0 Å². The first-order valence-corrected chi connectivity index (χ1v) is 8.98. The number of nitrogens with zero attached hydrogens (tertiary/aromatic N) is 1. The third-order valence-corrected chi connectivity index (χ3v) is 5.06. The SMILES string of the molecule is C[C@H]([NH2+][C@@H](C(=O)N1CCCC1)c1ccccc1)c1ccccc1Cl. The zero-order valence-corrected chi connectivity index (χ0v) is 14.7. The summed E-state index contributed by atoms with van der Waals surface area (Å²) < 4.78 is 0. The second kappa shape index (κ2) is 7.82. The molecule has 1 amide bonds.